The van der Waals surface area contributed by atoms with Crippen LogP contribution in [0.25, 0.3) is 0 Å². The van der Waals surface area contributed by atoms with E-state index in [1.54, 1.807) is 0 Å². The summed E-state index contributed by atoms with van der Waals surface area (Å²) in [6.45, 7) is 11.4. The van der Waals surface area contributed by atoms with Crippen molar-refractivity contribution in [2.24, 2.45) is 5.92 Å². The van der Waals surface area contributed by atoms with Crippen LogP contribution < -0.4 is 5.32 Å². The van der Waals surface area contributed by atoms with E-state index in [-0.39, 0.29) is 5.54 Å². The van der Waals surface area contributed by atoms with Gasteiger partial charge < -0.3 is 5.32 Å². The number of hydrogen-bond donors (Lipinski definition) is 1. The van der Waals surface area contributed by atoms with Gasteiger partial charge in [0.15, 0.2) is 0 Å². The van der Waals surface area contributed by atoms with Gasteiger partial charge >= 0.3 is 0 Å². The van der Waals surface area contributed by atoms with Crippen LogP contribution in [-0.4, -0.2) is 27.8 Å². The van der Waals surface area contributed by atoms with Crippen LogP contribution in [-0.2, 0) is 10.8 Å². The maximum atomic E-state index is 11.4. The van der Waals surface area contributed by atoms with Crippen molar-refractivity contribution in [1.82, 2.24) is 5.32 Å². The molecule has 0 aromatic heterocycles. The highest BCUT2D eigenvalue weighted by Crippen LogP contribution is 1.99. The third kappa shape index (κ3) is 10.0. The third-order valence-corrected chi connectivity index (χ3v) is 3.20. The van der Waals surface area contributed by atoms with Crippen molar-refractivity contribution in [2.75, 3.05) is 18.1 Å². The molecule has 0 aromatic carbocycles. The Balaban J connectivity index is 3.49. The van der Waals surface area contributed by atoms with Gasteiger partial charge in [0.1, 0.15) is 0 Å². The van der Waals surface area contributed by atoms with Crippen molar-refractivity contribution in [3.63, 3.8) is 0 Å². The SMILES string of the molecule is CC(C)CS(=O)CCNC(C)(C)C. The third-order valence-electron chi connectivity index (χ3n) is 1.50. The minimum absolute atomic E-state index is 0.141. The molecule has 0 saturated heterocycles. The number of hydrogen-bond acceptors (Lipinski definition) is 2. The zero-order valence-electron chi connectivity index (χ0n) is 9.52. The summed E-state index contributed by atoms with van der Waals surface area (Å²) in [5.74, 6) is 2.14. The number of nitrogens with one attached hydrogen (secondary N) is 1. The van der Waals surface area contributed by atoms with E-state index in [2.05, 4.69) is 39.9 Å². The molecule has 13 heavy (non-hydrogen) atoms. The Morgan fingerprint density at radius 3 is 2.23 bits per heavy atom. The maximum Gasteiger partial charge on any atom is 0.0360 e. The summed E-state index contributed by atoms with van der Waals surface area (Å²) in [7, 11) is -0.647. The second kappa shape index (κ2) is 5.76. The van der Waals surface area contributed by atoms with Crippen molar-refractivity contribution in [1.29, 1.82) is 0 Å². The molecule has 80 valence electrons. The van der Waals surface area contributed by atoms with Gasteiger partial charge in [-0.2, -0.15) is 0 Å². The summed E-state index contributed by atoms with van der Waals surface area (Å²) in [4.78, 5) is 0. The maximum absolute atomic E-state index is 11.4. The lowest BCUT2D eigenvalue weighted by Gasteiger charge is -2.20. The van der Waals surface area contributed by atoms with Crippen molar-refractivity contribution in [3.05, 3.63) is 0 Å². The molecule has 0 amide bonds. The van der Waals surface area contributed by atoms with Crippen LogP contribution in [0.4, 0.5) is 0 Å². The topological polar surface area (TPSA) is 29.1 Å². The van der Waals surface area contributed by atoms with Gasteiger partial charge in [-0.1, -0.05) is 13.8 Å². The van der Waals surface area contributed by atoms with Crippen molar-refractivity contribution in [3.8, 4) is 0 Å². The van der Waals surface area contributed by atoms with Gasteiger partial charge in [-0.25, -0.2) is 0 Å². The Morgan fingerprint density at radius 2 is 1.85 bits per heavy atom. The van der Waals surface area contributed by atoms with E-state index in [0.29, 0.717) is 5.92 Å². The molecule has 0 fully saturated rings. The smallest absolute Gasteiger partial charge is 0.0360 e. The van der Waals surface area contributed by atoms with Crippen LogP contribution in [0.2, 0.25) is 0 Å². The molecule has 0 aliphatic rings. The fourth-order valence-corrected chi connectivity index (χ4v) is 2.23. The molecule has 0 bridgehead atoms. The standard InChI is InChI=1S/C10H23NOS/c1-9(2)8-13(12)7-6-11-10(3,4)5/h9,11H,6-8H2,1-5H3. The van der Waals surface area contributed by atoms with Crippen molar-refractivity contribution < 1.29 is 4.21 Å². The molecular formula is C10H23NOS. The van der Waals surface area contributed by atoms with Crippen LogP contribution in [0.5, 0.6) is 0 Å². The fraction of sp³-hybridized carbons (Fsp3) is 1.00. The quantitative estimate of drug-likeness (QED) is 0.741. The Morgan fingerprint density at radius 1 is 1.31 bits per heavy atom. The van der Waals surface area contributed by atoms with Gasteiger partial charge in [-0.15, -0.1) is 0 Å². The van der Waals surface area contributed by atoms with Crippen molar-refractivity contribution in [2.45, 2.75) is 40.2 Å². The highest BCUT2D eigenvalue weighted by molar-refractivity contribution is 7.85. The van der Waals surface area contributed by atoms with Gasteiger partial charge in [0, 0.05) is 34.4 Å². The zero-order valence-corrected chi connectivity index (χ0v) is 10.3. The van der Waals surface area contributed by atoms with Gasteiger partial charge in [0.05, 0.1) is 0 Å². The molecule has 1 unspecified atom stereocenters. The minimum atomic E-state index is -0.647. The van der Waals surface area contributed by atoms with Crippen LogP contribution >= 0.6 is 0 Å². The average Bonchev–Trinajstić information content (AvgIpc) is 1.81. The highest BCUT2D eigenvalue weighted by atomic mass is 32.2. The molecule has 3 heteroatoms. The van der Waals surface area contributed by atoms with E-state index in [9.17, 15) is 4.21 Å². The van der Waals surface area contributed by atoms with Gasteiger partial charge in [-0.05, 0) is 26.7 Å². The first-order valence-electron chi connectivity index (χ1n) is 4.91. The van der Waals surface area contributed by atoms with Gasteiger partial charge in [-0.3, -0.25) is 4.21 Å². The fourth-order valence-electron chi connectivity index (χ4n) is 0.995. The lowest BCUT2D eigenvalue weighted by Crippen LogP contribution is -2.38. The summed E-state index contributed by atoms with van der Waals surface area (Å²) in [5.41, 5.74) is 0.141. The average molecular weight is 205 g/mol. The molecule has 0 radical (unpaired) electrons. The van der Waals surface area contributed by atoms with Crippen LogP contribution in [0.1, 0.15) is 34.6 Å². The van der Waals surface area contributed by atoms with E-state index in [1.165, 1.54) is 0 Å². The second-order valence-electron chi connectivity index (χ2n) is 4.88. The highest BCUT2D eigenvalue weighted by Gasteiger charge is 2.09. The Kier molecular flexibility index (Phi) is 5.81. The van der Waals surface area contributed by atoms with E-state index in [0.717, 1.165) is 18.1 Å². The van der Waals surface area contributed by atoms with Crippen LogP contribution in [0.3, 0.4) is 0 Å². The van der Waals surface area contributed by atoms with Crippen molar-refractivity contribution >= 4 is 10.8 Å². The molecule has 1 N–H and O–H groups in total. The zero-order chi connectivity index (χ0) is 10.5. The summed E-state index contributed by atoms with van der Waals surface area (Å²) >= 11 is 0. The van der Waals surface area contributed by atoms with Crippen LogP contribution in [0.15, 0.2) is 0 Å². The molecule has 1 atom stereocenters. The minimum Gasteiger partial charge on any atom is -0.311 e. The predicted molar refractivity (Wildman–Crippen MR) is 60.5 cm³/mol. The summed E-state index contributed by atoms with van der Waals surface area (Å²) in [6, 6.07) is 0. The first-order valence-corrected chi connectivity index (χ1v) is 6.40. The molecule has 0 spiro atoms. The molecular weight excluding hydrogens is 182 g/mol. The lowest BCUT2D eigenvalue weighted by atomic mass is 10.1. The monoisotopic (exact) mass is 205 g/mol. The predicted octanol–water partition coefficient (Wildman–Crippen LogP) is 1.78. The lowest BCUT2D eigenvalue weighted by molar-refractivity contribution is 0.440. The van der Waals surface area contributed by atoms with E-state index in [1.807, 2.05) is 0 Å². The molecule has 0 saturated carbocycles. The molecule has 0 aromatic rings. The molecule has 0 aliphatic carbocycles. The normalized spacial score (nSPS) is 14.9. The van der Waals surface area contributed by atoms with E-state index >= 15 is 0 Å². The molecule has 0 rings (SSSR count). The molecule has 2 nitrogen and oxygen atoms in total. The summed E-state index contributed by atoms with van der Waals surface area (Å²) in [6.07, 6.45) is 0. The Bertz CT molecular complexity index is 161. The van der Waals surface area contributed by atoms with Gasteiger partial charge in [0.25, 0.3) is 0 Å². The first kappa shape index (κ1) is 13.1. The van der Waals surface area contributed by atoms with E-state index < -0.39 is 10.8 Å². The Labute approximate surface area is 84.9 Å². The first-order chi connectivity index (χ1) is 5.81. The van der Waals surface area contributed by atoms with Gasteiger partial charge in [0.2, 0.25) is 0 Å². The second-order valence-corrected chi connectivity index (χ2v) is 6.50. The summed E-state index contributed by atoms with van der Waals surface area (Å²) in [5, 5.41) is 3.33. The largest absolute Gasteiger partial charge is 0.311 e. The van der Waals surface area contributed by atoms with E-state index in [4.69, 9.17) is 0 Å². The number of rotatable bonds is 5. The summed E-state index contributed by atoms with van der Waals surface area (Å²) < 4.78 is 11.4. The van der Waals surface area contributed by atoms with Crippen LogP contribution in [0, 0.1) is 5.92 Å². The molecule has 0 heterocycles. The molecule has 0 aliphatic heterocycles. The Hall–Kier alpha value is 0.110.